The summed E-state index contributed by atoms with van der Waals surface area (Å²) in [7, 11) is 0. The first-order chi connectivity index (χ1) is 8.72. The maximum atomic E-state index is 11.8. The van der Waals surface area contributed by atoms with Gasteiger partial charge in [0.05, 0.1) is 11.9 Å². The summed E-state index contributed by atoms with van der Waals surface area (Å²) in [5.74, 6) is 0. The van der Waals surface area contributed by atoms with Gasteiger partial charge in [0.15, 0.2) is 0 Å². The number of rotatable bonds is 4. The molecule has 2 rings (SSSR count). The van der Waals surface area contributed by atoms with Gasteiger partial charge < -0.3 is 5.32 Å². The summed E-state index contributed by atoms with van der Waals surface area (Å²) in [4.78, 5) is 15.8. The van der Waals surface area contributed by atoms with Crippen LogP contribution in [0.4, 0.5) is 5.69 Å². The summed E-state index contributed by atoms with van der Waals surface area (Å²) < 4.78 is 1.91. The van der Waals surface area contributed by atoms with E-state index in [0.717, 1.165) is 5.56 Å². The summed E-state index contributed by atoms with van der Waals surface area (Å²) in [5.41, 5.74) is 1.66. The summed E-state index contributed by atoms with van der Waals surface area (Å²) in [6.45, 7) is 3.06. The quantitative estimate of drug-likeness (QED) is 0.939. The predicted molar refractivity (Wildman–Crippen MR) is 73.4 cm³/mol. The van der Waals surface area contributed by atoms with Crippen LogP contribution in [0.3, 0.4) is 0 Å². The van der Waals surface area contributed by atoms with E-state index in [0.29, 0.717) is 23.2 Å². The number of aromatic nitrogens is 3. The average molecular weight is 309 g/mol. The van der Waals surface area contributed by atoms with E-state index in [1.165, 1.54) is 4.68 Å². The predicted octanol–water partition coefficient (Wildman–Crippen LogP) is 2.03. The minimum Gasteiger partial charge on any atom is -0.379 e. The van der Waals surface area contributed by atoms with E-state index < -0.39 is 0 Å². The summed E-state index contributed by atoms with van der Waals surface area (Å²) >= 11 is 3.30. The third kappa shape index (κ3) is 2.76. The van der Waals surface area contributed by atoms with Crippen LogP contribution < -0.4 is 10.9 Å². The highest BCUT2D eigenvalue weighted by Crippen LogP contribution is 2.16. The molecule has 1 N–H and O–H groups in total. The molecule has 5 nitrogen and oxygen atoms in total. The van der Waals surface area contributed by atoms with Crippen molar-refractivity contribution < 1.29 is 0 Å². The lowest BCUT2D eigenvalue weighted by atomic mass is 10.2. The van der Waals surface area contributed by atoms with Gasteiger partial charge in [-0.3, -0.25) is 9.78 Å². The largest absolute Gasteiger partial charge is 0.379 e. The second-order valence-electron chi connectivity index (χ2n) is 3.70. The fraction of sp³-hybridized carbons (Fsp3) is 0.250. The fourth-order valence-electron chi connectivity index (χ4n) is 1.51. The molecule has 0 unspecified atom stereocenters. The van der Waals surface area contributed by atoms with Crippen LogP contribution in [0.1, 0.15) is 12.5 Å². The molecule has 94 valence electrons. The lowest BCUT2D eigenvalue weighted by Gasteiger charge is -2.09. The van der Waals surface area contributed by atoms with Crippen molar-refractivity contribution in [3.05, 3.63) is 51.1 Å². The highest BCUT2D eigenvalue weighted by Gasteiger charge is 2.07. The summed E-state index contributed by atoms with van der Waals surface area (Å²) in [6, 6.07) is 3.84. The maximum absolute atomic E-state index is 11.8. The van der Waals surface area contributed by atoms with E-state index in [-0.39, 0.29) is 5.56 Å². The molecule has 0 aromatic carbocycles. The van der Waals surface area contributed by atoms with Gasteiger partial charge in [-0.2, -0.15) is 5.10 Å². The molecule has 18 heavy (non-hydrogen) atoms. The van der Waals surface area contributed by atoms with E-state index in [1.807, 2.05) is 19.1 Å². The standard InChI is InChI=1S/C12H13BrN4O/c1-2-17-12(18)11(13)10(8-16-17)15-7-9-3-5-14-6-4-9/h3-6,8,15H,2,7H2,1H3. The van der Waals surface area contributed by atoms with Gasteiger partial charge in [0.1, 0.15) is 4.47 Å². The third-order valence-electron chi connectivity index (χ3n) is 2.52. The first-order valence-corrected chi connectivity index (χ1v) is 6.40. The van der Waals surface area contributed by atoms with E-state index in [9.17, 15) is 4.79 Å². The topological polar surface area (TPSA) is 59.8 Å². The van der Waals surface area contributed by atoms with Crippen LogP contribution in [-0.2, 0) is 13.1 Å². The lowest BCUT2D eigenvalue weighted by molar-refractivity contribution is 0.613. The van der Waals surface area contributed by atoms with Crippen molar-refractivity contribution in [3.63, 3.8) is 0 Å². The van der Waals surface area contributed by atoms with E-state index in [1.54, 1.807) is 18.6 Å². The first kappa shape index (κ1) is 12.8. The number of hydrogen-bond donors (Lipinski definition) is 1. The number of nitrogens with zero attached hydrogens (tertiary/aromatic N) is 3. The molecule has 0 atom stereocenters. The Morgan fingerprint density at radius 3 is 2.78 bits per heavy atom. The van der Waals surface area contributed by atoms with Crippen molar-refractivity contribution in [1.82, 2.24) is 14.8 Å². The molecule has 2 heterocycles. The molecule has 0 aliphatic carbocycles. The van der Waals surface area contributed by atoms with Crippen LogP contribution in [-0.4, -0.2) is 14.8 Å². The Morgan fingerprint density at radius 2 is 2.11 bits per heavy atom. The molecule has 0 saturated heterocycles. The Labute approximate surface area is 113 Å². The molecule has 0 amide bonds. The highest BCUT2D eigenvalue weighted by molar-refractivity contribution is 9.10. The number of hydrogen-bond acceptors (Lipinski definition) is 4. The Balaban J connectivity index is 2.16. The molecule has 0 spiro atoms. The van der Waals surface area contributed by atoms with Crippen molar-refractivity contribution in [2.24, 2.45) is 0 Å². The zero-order valence-electron chi connectivity index (χ0n) is 9.93. The van der Waals surface area contributed by atoms with E-state index in [4.69, 9.17) is 0 Å². The maximum Gasteiger partial charge on any atom is 0.283 e. The molecular weight excluding hydrogens is 296 g/mol. The number of halogens is 1. The third-order valence-corrected chi connectivity index (χ3v) is 3.28. The Morgan fingerprint density at radius 1 is 1.39 bits per heavy atom. The van der Waals surface area contributed by atoms with Gasteiger partial charge in [0, 0.05) is 25.5 Å². The van der Waals surface area contributed by atoms with Crippen molar-refractivity contribution >= 4 is 21.6 Å². The number of pyridine rings is 1. The van der Waals surface area contributed by atoms with Gasteiger partial charge in [-0.15, -0.1) is 0 Å². The van der Waals surface area contributed by atoms with Gasteiger partial charge in [0.2, 0.25) is 0 Å². The molecular formula is C12H13BrN4O. The zero-order valence-corrected chi connectivity index (χ0v) is 11.5. The minimum atomic E-state index is -0.128. The molecule has 0 aliphatic heterocycles. The molecule has 0 fully saturated rings. The van der Waals surface area contributed by atoms with Gasteiger partial charge in [0.25, 0.3) is 5.56 Å². The number of anilines is 1. The second kappa shape index (κ2) is 5.77. The Bertz CT molecular complexity index is 582. The fourth-order valence-corrected chi connectivity index (χ4v) is 1.96. The van der Waals surface area contributed by atoms with Crippen LogP contribution in [0.5, 0.6) is 0 Å². The van der Waals surface area contributed by atoms with Crippen LogP contribution in [0.15, 0.2) is 40.0 Å². The molecule has 2 aromatic rings. The van der Waals surface area contributed by atoms with Crippen LogP contribution in [0.2, 0.25) is 0 Å². The van der Waals surface area contributed by atoms with Crippen LogP contribution in [0, 0.1) is 0 Å². The summed E-state index contributed by atoms with van der Waals surface area (Å²) in [6.07, 6.45) is 5.12. The second-order valence-corrected chi connectivity index (χ2v) is 4.50. The van der Waals surface area contributed by atoms with Crippen molar-refractivity contribution in [2.45, 2.75) is 20.0 Å². The minimum absolute atomic E-state index is 0.128. The average Bonchev–Trinajstić information content (AvgIpc) is 2.42. The Hall–Kier alpha value is -1.69. The van der Waals surface area contributed by atoms with Crippen molar-refractivity contribution in [3.8, 4) is 0 Å². The number of aryl methyl sites for hydroxylation is 1. The van der Waals surface area contributed by atoms with Crippen LogP contribution >= 0.6 is 15.9 Å². The molecule has 6 heteroatoms. The summed E-state index contributed by atoms with van der Waals surface area (Å²) in [5, 5.41) is 7.24. The van der Waals surface area contributed by atoms with Gasteiger partial charge in [-0.25, -0.2) is 4.68 Å². The van der Waals surface area contributed by atoms with Crippen molar-refractivity contribution in [2.75, 3.05) is 5.32 Å². The van der Waals surface area contributed by atoms with E-state index in [2.05, 4.69) is 31.3 Å². The first-order valence-electron chi connectivity index (χ1n) is 5.60. The van der Waals surface area contributed by atoms with Gasteiger partial charge in [-0.1, -0.05) is 0 Å². The Kier molecular flexibility index (Phi) is 4.09. The normalized spacial score (nSPS) is 10.3. The number of nitrogens with one attached hydrogen (secondary N) is 1. The SMILES string of the molecule is CCn1ncc(NCc2ccncc2)c(Br)c1=O. The van der Waals surface area contributed by atoms with Gasteiger partial charge in [-0.05, 0) is 40.5 Å². The van der Waals surface area contributed by atoms with Crippen molar-refractivity contribution in [1.29, 1.82) is 0 Å². The molecule has 0 aliphatic rings. The molecule has 2 aromatic heterocycles. The van der Waals surface area contributed by atoms with E-state index >= 15 is 0 Å². The monoisotopic (exact) mass is 308 g/mol. The zero-order chi connectivity index (χ0) is 13.0. The van der Waals surface area contributed by atoms with Gasteiger partial charge >= 0.3 is 0 Å². The smallest absolute Gasteiger partial charge is 0.283 e. The molecule has 0 radical (unpaired) electrons. The molecule has 0 bridgehead atoms. The molecule has 0 saturated carbocycles. The lowest BCUT2D eigenvalue weighted by Crippen LogP contribution is -2.23. The van der Waals surface area contributed by atoms with Crippen LogP contribution in [0.25, 0.3) is 0 Å². The highest BCUT2D eigenvalue weighted by atomic mass is 79.9.